The summed E-state index contributed by atoms with van der Waals surface area (Å²) >= 11 is 0. The highest BCUT2D eigenvalue weighted by atomic mass is 16.6. The van der Waals surface area contributed by atoms with Gasteiger partial charge in [0.05, 0.1) is 7.11 Å². The van der Waals surface area contributed by atoms with Crippen molar-refractivity contribution in [2.75, 3.05) is 14.2 Å². The molecule has 0 aliphatic heterocycles. The van der Waals surface area contributed by atoms with E-state index in [0.29, 0.717) is 0 Å². The molecule has 16 heavy (non-hydrogen) atoms. The fourth-order valence-corrected chi connectivity index (χ4v) is 1.81. The second-order valence-corrected chi connectivity index (χ2v) is 4.23. The van der Waals surface area contributed by atoms with E-state index in [0.717, 1.165) is 5.56 Å². The van der Waals surface area contributed by atoms with Gasteiger partial charge < -0.3 is 9.47 Å². The summed E-state index contributed by atoms with van der Waals surface area (Å²) in [4.78, 5) is 11.6. The van der Waals surface area contributed by atoms with Crippen molar-refractivity contribution in [3.63, 3.8) is 0 Å². The topological polar surface area (TPSA) is 35.5 Å². The molecule has 0 saturated heterocycles. The maximum absolute atomic E-state index is 11.6. The van der Waals surface area contributed by atoms with Gasteiger partial charge in [-0.3, -0.25) is 0 Å². The van der Waals surface area contributed by atoms with Crippen molar-refractivity contribution in [1.82, 2.24) is 0 Å². The molecule has 1 rings (SSSR count). The number of esters is 1. The lowest BCUT2D eigenvalue weighted by atomic mass is 9.79. The third-order valence-electron chi connectivity index (χ3n) is 2.82. The average molecular weight is 222 g/mol. The van der Waals surface area contributed by atoms with Gasteiger partial charge >= 0.3 is 5.97 Å². The number of hydrogen-bond acceptors (Lipinski definition) is 3. The molecule has 0 fully saturated rings. The van der Waals surface area contributed by atoms with Gasteiger partial charge in [-0.1, -0.05) is 44.2 Å². The minimum absolute atomic E-state index is 0.351. The first kappa shape index (κ1) is 12.7. The van der Waals surface area contributed by atoms with Crippen molar-refractivity contribution in [2.45, 2.75) is 25.4 Å². The lowest BCUT2D eigenvalue weighted by molar-refractivity contribution is -0.156. The highest BCUT2D eigenvalue weighted by Gasteiger charge is 2.37. The van der Waals surface area contributed by atoms with E-state index in [1.165, 1.54) is 14.2 Å². The maximum atomic E-state index is 11.6. The van der Waals surface area contributed by atoms with Crippen LogP contribution in [0, 0.1) is 0 Å². The monoisotopic (exact) mass is 222 g/mol. The Kier molecular flexibility index (Phi) is 4.07. The van der Waals surface area contributed by atoms with E-state index in [-0.39, 0.29) is 5.97 Å². The first-order chi connectivity index (χ1) is 7.54. The van der Waals surface area contributed by atoms with Gasteiger partial charge in [0.2, 0.25) is 0 Å². The molecule has 1 aromatic carbocycles. The van der Waals surface area contributed by atoms with Gasteiger partial charge in [-0.25, -0.2) is 4.79 Å². The second kappa shape index (κ2) is 5.12. The molecule has 0 bridgehead atoms. The van der Waals surface area contributed by atoms with Crippen LogP contribution in [0.5, 0.6) is 0 Å². The van der Waals surface area contributed by atoms with Gasteiger partial charge in [-0.15, -0.1) is 0 Å². The zero-order valence-electron chi connectivity index (χ0n) is 10.2. The fourth-order valence-electron chi connectivity index (χ4n) is 1.81. The van der Waals surface area contributed by atoms with Crippen molar-refractivity contribution in [1.29, 1.82) is 0 Å². The Hall–Kier alpha value is -1.35. The molecular formula is C13H18O3. The molecule has 1 atom stereocenters. The Morgan fingerprint density at radius 3 is 2.19 bits per heavy atom. The SMILES string of the molecule is COC(=O)[C@@H](OC)C(C)(C)c1ccccc1. The summed E-state index contributed by atoms with van der Waals surface area (Å²) in [5, 5.41) is 0. The van der Waals surface area contributed by atoms with Crippen LogP contribution in [0.1, 0.15) is 19.4 Å². The van der Waals surface area contributed by atoms with E-state index in [2.05, 4.69) is 0 Å². The van der Waals surface area contributed by atoms with Crippen LogP contribution in [-0.4, -0.2) is 26.3 Å². The van der Waals surface area contributed by atoms with Crippen molar-refractivity contribution >= 4 is 5.97 Å². The quantitative estimate of drug-likeness (QED) is 0.732. The summed E-state index contributed by atoms with van der Waals surface area (Å²) in [7, 11) is 2.89. The van der Waals surface area contributed by atoms with Crippen LogP contribution >= 0.6 is 0 Å². The second-order valence-electron chi connectivity index (χ2n) is 4.23. The van der Waals surface area contributed by atoms with E-state index in [1.807, 2.05) is 44.2 Å². The average Bonchev–Trinajstić information content (AvgIpc) is 2.30. The highest BCUT2D eigenvalue weighted by Crippen LogP contribution is 2.29. The van der Waals surface area contributed by atoms with E-state index < -0.39 is 11.5 Å². The largest absolute Gasteiger partial charge is 0.467 e. The molecule has 1 aromatic rings. The predicted molar refractivity (Wildman–Crippen MR) is 62.3 cm³/mol. The predicted octanol–water partition coefficient (Wildman–Crippen LogP) is 2.15. The summed E-state index contributed by atoms with van der Waals surface area (Å²) in [6, 6.07) is 9.80. The number of ether oxygens (including phenoxy) is 2. The molecule has 0 amide bonds. The number of methoxy groups -OCH3 is 2. The molecule has 0 aromatic heterocycles. The van der Waals surface area contributed by atoms with Crippen LogP contribution in [0.15, 0.2) is 30.3 Å². The zero-order chi connectivity index (χ0) is 12.2. The molecular weight excluding hydrogens is 204 g/mol. The van der Waals surface area contributed by atoms with Crippen LogP contribution in [0.4, 0.5) is 0 Å². The highest BCUT2D eigenvalue weighted by molar-refractivity contribution is 5.76. The molecule has 0 N–H and O–H groups in total. The standard InChI is InChI=1S/C13H18O3/c1-13(2,10-8-6-5-7-9-10)11(15-3)12(14)16-4/h5-9,11H,1-4H3/t11-/m1/s1. The van der Waals surface area contributed by atoms with Gasteiger partial charge in [0, 0.05) is 12.5 Å². The number of carbonyl (C=O) groups is 1. The summed E-state index contributed by atoms with van der Waals surface area (Å²) in [5.74, 6) is -0.351. The Labute approximate surface area is 96.4 Å². The first-order valence-electron chi connectivity index (χ1n) is 5.20. The normalized spacial score (nSPS) is 13.2. The minimum atomic E-state index is -0.597. The van der Waals surface area contributed by atoms with Crippen molar-refractivity contribution in [3.05, 3.63) is 35.9 Å². The number of rotatable bonds is 4. The fraction of sp³-hybridized carbons (Fsp3) is 0.462. The van der Waals surface area contributed by atoms with Gasteiger partial charge in [0.25, 0.3) is 0 Å². The third-order valence-corrected chi connectivity index (χ3v) is 2.82. The molecule has 0 heterocycles. The van der Waals surface area contributed by atoms with Crippen molar-refractivity contribution < 1.29 is 14.3 Å². The Morgan fingerprint density at radius 2 is 1.75 bits per heavy atom. The van der Waals surface area contributed by atoms with Gasteiger partial charge in [0.15, 0.2) is 6.10 Å². The van der Waals surface area contributed by atoms with Gasteiger partial charge in [-0.05, 0) is 5.56 Å². The summed E-state index contributed by atoms with van der Waals surface area (Å²) in [5.41, 5.74) is 0.635. The number of benzene rings is 1. The Balaban J connectivity index is 3.04. The van der Waals surface area contributed by atoms with Gasteiger partial charge in [0.1, 0.15) is 0 Å². The van der Waals surface area contributed by atoms with Crippen LogP contribution < -0.4 is 0 Å². The first-order valence-corrected chi connectivity index (χ1v) is 5.20. The van der Waals surface area contributed by atoms with E-state index >= 15 is 0 Å². The molecule has 0 unspecified atom stereocenters. The molecule has 0 aliphatic rings. The zero-order valence-corrected chi connectivity index (χ0v) is 10.2. The lowest BCUT2D eigenvalue weighted by Crippen LogP contribution is -2.42. The Bertz CT molecular complexity index is 343. The molecule has 88 valence electrons. The lowest BCUT2D eigenvalue weighted by Gasteiger charge is -2.31. The van der Waals surface area contributed by atoms with Crippen molar-refractivity contribution in [3.8, 4) is 0 Å². The molecule has 0 aliphatic carbocycles. The van der Waals surface area contributed by atoms with Crippen LogP contribution in [0.3, 0.4) is 0 Å². The van der Waals surface area contributed by atoms with Crippen LogP contribution in [0.2, 0.25) is 0 Å². The smallest absolute Gasteiger partial charge is 0.335 e. The van der Waals surface area contributed by atoms with E-state index in [1.54, 1.807) is 0 Å². The molecule has 0 spiro atoms. The summed E-state index contributed by atoms with van der Waals surface area (Å²) < 4.78 is 9.99. The van der Waals surface area contributed by atoms with E-state index in [9.17, 15) is 4.79 Å². The molecule has 0 saturated carbocycles. The summed E-state index contributed by atoms with van der Waals surface area (Å²) in [6.07, 6.45) is -0.597. The maximum Gasteiger partial charge on any atom is 0.335 e. The third kappa shape index (κ3) is 2.42. The van der Waals surface area contributed by atoms with Gasteiger partial charge in [-0.2, -0.15) is 0 Å². The van der Waals surface area contributed by atoms with Crippen LogP contribution in [-0.2, 0) is 19.7 Å². The van der Waals surface area contributed by atoms with Crippen molar-refractivity contribution in [2.24, 2.45) is 0 Å². The number of hydrogen-bond donors (Lipinski definition) is 0. The summed E-state index contributed by atoms with van der Waals surface area (Å²) in [6.45, 7) is 3.93. The molecule has 3 nitrogen and oxygen atoms in total. The Morgan fingerprint density at radius 1 is 1.19 bits per heavy atom. The van der Waals surface area contributed by atoms with Crippen LogP contribution in [0.25, 0.3) is 0 Å². The molecule has 3 heteroatoms. The van der Waals surface area contributed by atoms with E-state index in [4.69, 9.17) is 9.47 Å². The molecule has 0 radical (unpaired) electrons. The number of carbonyl (C=O) groups excluding carboxylic acids is 1. The minimum Gasteiger partial charge on any atom is -0.467 e.